The molecule has 18 heavy (non-hydrogen) atoms. The number of phenols is 1. The van der Waals surface area contributed by atoms with Gasteiger partial charge in [-0.1, -0.05) is 39.8 Å². The molecule has 1 aromatic carbocycles. The van der Waals surface area contributed by atoms with E-state index in [1.54, 1.807) is 6.07 Å². The van der Waals surface area contributed by atoms with Crippen molar-refractivity contribution >= 4 is 0 Å². The first-order chi connectivity index (χ1) is 8.43. The van der Waals surface area contributed by atoms with Gasteiger partial charge in [0, 0.05) is 6.04 Å². The van der Waals surface area contributed by atoms with E-state index in [4.69, 9.17) is 0 Å². The van der Waals surface area contributed by atoms with Crippen LogP contribution in [-0.4, -0.2) is 17.7 Å². The molecule has 1 atom stereocenters. The molecule has 2 N–H and O–H groups in total. The summed E-state index contributed by atoms with van der Waals surface area (Å²) in [6.07, 6.45) is 3.28. The minimum atomic E-state index is 0.270. The molecule has 0 aliphatic heterocycles. The number of aromatic hydroxyl groups is 1. The summed E-state index contributed by atoms with van der Waals surface area (Å²) < 4.78 is 0. The summed E-state index contributed by atoms with van der Waals surface area (Å²) in [7, 11) is 0. The molecule has 0 aliphatic rings. The number of phenolic OH excluding ortho intramolecular Hbond substituents is 1. The summed E-state index contributed by atoms with van der Waals surface area (Å²) in [4.78, 5) is 0. The number of benzene rings is 1. The molecular formula is C16H27NO. The van der Waals surface area contributed by atoms with Gasteiger partial charge in [-0.25, -0.2) is 0 Å². The average Bonchev–Trinajstić information content (AvgIpc) is 2.27. The molecule has 2 nitrogen and oxygen atoms in total. The lowest BCUT2D eigenvalue weighted by molar-refractivity contribution is 0.255. The molecule has 0 heterocycles. The second-order valence-corrected chi connectivity index (χ2v) is 6.08. The van der Waals surface area contributed by atoms with E-state index < -0.39 is 0 Å². The highest BCUT2D eigenvalue weighted by Crippen LogP contribution is 2.24. The molecule has 0 saturated carbocycles. The van der Waals surface area contributed by atoms with Crippen LogP contribution in [-0.2, 0) is 6.42 Å². The Morgan fingerprint density at radius 1 is 1.28 bits per heavy atom. The Balaban J connectivity index is 2.56. The Labute approximate surface area is 111 Å². The van der Waals surface area contributed by atoms with Crippen LogP contribution in [0.5, 0.6) is 5.75 Å². The number of rotatable bonds is 6. The van der Waals surface area contributed by atoms with Gasteiger partial charge in [0.25, 0.3) is 0 Å². The minimum absolute atomic E-state index is 0.270. The van der Waals surface area contributed by atoms with Crippen LogP contribution in [0, 0.1) is 5.41 Å². The number of hydrogen-bond donors (Lipinski definition) is 2. The van der Waals surface area contributed by atoms with Crippen molar-refractivity contribution in [3.63, 3.8) is 0 Å². The molecule has 0 saturated heterocycles. The molecule has 102 valence electrons. The maximum atomic E-state index is 9.46. The van der Waals surface area contributed by atoms with Gasteiger partial charge in [-0.3, -0.25) is 0 Å². The van der Waals surface area contributed by atoms with Crippen molar-refractivity contribution in [1.82, 2.24) is 5.32 Å². The van der Waals surface area contributed by atoms with E-state index in [2.05, 4.69) is 39.1 Å². The zero-order valence-corrected chi connectivity index (χ0v) is 12.2. The van der Waals surface area contributed by atoms with Crippen molar-refractivity contribution in [2.45, 2.75) is 53.0 Å². The molecule has 0 aliphatic carbocycles. The van der Waals surface area contributed by atoms with E-state index in [-0.39, 0.29) is 5.41 Å². The van der Waals surface area contributed by atoms with Crippen LogP contribution in [0.3, 0.4) is 0 Å². The van der Waals surface area contributed by atoms with Crippen molar-refractivity contribution < 1.29 is 5.11 Å². The maximum Gasteiger partial charge on any atom is 0.115 e. The molecule has 0 radical (unpaired) electrons. The third-order valence-corrected chi connectivity index (χ3v) is 3.32. The van der Waals surface area contributed by atoms with Gasteiger partial charge in [-0.2, -0.15) is 0 Å². The second-order valence-electron chi connectivity index (χ2n) is 6.08. The van der Waals surface area contributed by atoms with Crippen molar-refractivity contribution in [1.29, 1.82) is 0 Å². The zero-order valence-electron chi connectivity index (χ0n) is 12.2. The predicted octanol–water partition coefficient (Wildman–Crippen LogP) is 3.74. The fourth-order valence-electron chi connectivity index (χ4n) is 2.18. The highest BCUT2D eigenvalue weighted by Gasteiger charge is 2.23. The molecule has 1 rings (SSSR count). The number of nitrogens with one attached hydrogen (secondary N) is 1. The van der Waals surface area contributed by atoms with Crippen LogP contribution < -0.4 is 5.32 Å². The van der Waals surface area contributed by atoms with Crippen LogP contribution in [0.25, 0.3) is 0 Å². The lowest BCUT2D eigenvalue weighted by atomic mass is 9.83. The van der Waals surface area contributed by atoms with Gasteiger partial charge in [0.2, 0.25) is 0 Å². The highest BCUT2D eigenvalue weighted by molar-refractivity contribution is 5.27. The maximum absolute atomic E-state index is 9.46. The van der Waals surface area contributed by atoms with Crippen LogP contribution in [0.2, 0.25) is 0 Å². The Kier molecular flexibility index (Phi) is 5.67. The fraction of sp³-hybridized carbons (Fsp3) is 0.625. The summed E-state index contributed by atoms with van der Waals surface area (Å²) in [6.45, 7) is 10.1. The summed E-state index contributed by atoms with van der Waals surface area (Å²) in [5.41, 5.74) is 1.48. The quantitative estimate of drug-likeness (QED) is 0.805. The van der Waals surface area contributed by atoms with E-state index in [1.165, 1.54) is 12.0 Å². The standard InChI is InChI=1S/C16H27NO/c1-5-11-17-15(16(2,3)4)10-9-13-7-6-8-14(18)12-13/h6-8,12,15,17-18H,5,9-11H2,1-4H3. The van der Waals surface area contributed by atoms with Crippen molar-refractivity contribution in [3.05, 3.63) is 29.8 Å². The molecule has 0 bridgehead atoms. The topological polar surface area (TPSA) is 32.3 Å². The van der Waals surface area contributed by atoms with E-state index >= 15 is 0 Å². The number of aryl methyl sites for hydroxylation is 1. The van der Waals surface area contributed by atoms with Gasteiger partial charge >= 0.3 is 0 Å². The largest absolute Gasteiger partial charge is 0.508 e. The first-order valence-corrected chi connectivity index (χ1v) is 6.94. The van der Waals surface area contributed by atoms with Crippen molar-refractivity contribution in [2.24, 2.45) is 5.41 Å². The van der Waals surface area contributed by atoms with E-state index in [0.29, 0.717) is 11.8 Å². The van der Waals surface area contributed by atoms with Crippen LogP contribution in [0.1, 0.15) is 46.1 Å². The molecule has 0 amide bonds. The van der Waals surface area contributed by atoms with Crippen molar-refractivity contribution in [3.8, 4) is 5.75 Å². The predicted molar refractivity (Wildman–Crippen MR) is 78.0 cm³/mol. The summed E-state index contributed by atoms with van der Waals surface area (Å²) in [5, 5.41) is 13.1. The van der Waals surface area contributed by atoms with Crippen LogP contribution >= 0.6 is 0 Å². The van der Waals surface area contributed by atoms with Gasteiger partial charge in [0.15, 0.2) is 0 Å². The molecule has 1 unspecified atom stereocenters. The van der Waals surface area contributed by atoms with E-state index in [0.717, 1.165) is 19.4 Å². The Morgan fingerprint density at radius 3 is 2.56 bits per heavy atom. The van der Waals surface area contributed by atoms with Gasteiger partial charge in [0.1, 0.15) is 5.75 Å². The summed E-state index contributed by atoms with van der Waals surface area (Å²) in [6, 6.07) is 8.09. The third kappa shape index (κ3) is 5.09. The zero-order chi connectivity index (χ0) is 13.6. The first-order valence-electron chi connectivity index (χ1n) is 6.94. The fourth-order valence-corrected chi connectivity index (χ4v) is 2.18. The second kappa shape index (κ2) is 6.79. The van der Waals surface area contributed by atoms with E-state index in [9.17, 15) is 5.11 Å². The minimum Gasteiger partial charge on any atom is -0.508 e. The highest BCUT2D eigenvalue weighted by atomic mass is 16.3. The molecular weight excluding hydrogens is 222 g/mol. The molecule has 1 aromatic rings. The lowest BCUT2D eigenvalue weighted by Gasteiger charge is -2.32. The Hall–Kier alpha value is -1.02. The molecule has 0 aromatic heterocycles. The van der Waals surface area contributed by atoms with Gasteiger partial charge in [-0.05, 0) is 48.9 Å². The Bertz CT molecular complexity index is 354. The monoisotopic (exact) mass is 249 g/mol. The van der Waals surface area contributed by atoms with Crippen LogP contribution in [0.15, 0.2) is 24.3 Å². The summed E-state index contributed by atoms with van der Waals surface area (Å²) >= 11 is 0. The Morgan fingerprint density at radius 2 is 2.00 bits per heavy atom. The van der Waals surface area contributed by atoms with Gasteiger partial charge in [-0.15, -0.1) is 0 Å². The molecule has 0 spiro atoms. The summed E-state index contributed by atoms with van der Waals surface area (Å²) in [5.74, 6) is 0.362. The third-order valence-electron chi connectivity index (χ3n) is 3.32. The van der Waals surface area contributed by atoms with Crippen LogP contribution in [0.4, 0.5) is 0 Å². The molecule has 2 heteroatoms. The first kappa shape index (κ1) is 15.0. The average molecular weight is 249 g/mol. The van der Waals surface area contributed by atoms with E-state index in [1.807, 2.05) is 12.1 Å². The lowest BCUT2D eigenvalue weighted by Crippen LogP contribution is -2.41. The van der Waals surface area contributed by atoms with Gasteiger partial charge in [0.05, 0.1) is 0 Å². The van der Waals surface area contributed by atoms with Gasteiger partial charge < -0.3 is 10.4 Å². The SMILES string of the molecule is CCCNC(CCc1cccc(O)c1)C(C)(C)C. The van der Waals surface area contributed by atoms with Crippen molar-refractivity contribution in [2.75, 3.05) is 6.54 Å². The molecule has 0 fully saturated rings. The normalized spacial score (nSPS) is 13.6. The number of hydrogen-bond acceptors (Lipinski definition) is 2. The smallest absolute Gasteiger partial charge is 0.115 e.